The van der Waals surface area contributed by atoms with Crippen LogP contribution >= 0.6 is 11.3 Å². The number of rotatable bonds is 8. The Balaban J connectivity index is 2.73. The van der Waals surface area contributed by atoms with Crippen molar-refractivity contribution in [3.05, 3.63) is 11.1 Å². The predicted octanol–water partition coefficient (Wildman–Crippen LogP) is 0.948. The molecule has 0 saturated carbocycles. The maximum Gasteiger partial charge on any atom is 0.248 e. The van der Waals surface area contributed by atoms with Crippen LogP contribution in [-0.2, 0) is 19.9 Å². The Morgan fingerprint density at radius 1 is 1.35 bits per heavy atom. The number of nitrogens with one attached hydrogen (secondary N) is 2. The van der Waals surface area contributed by atoms with Gasteiger partial charge in [0.1, 0.15) is 0 Å². The smallest absolute Gasteiger partial charge is 0.248 e. The first-order valence-corrected chi connectivity index (χ1v) is 10.6. The first-order chi connectivity index (χ1) is 9.13. The van der Waals surface area contributed by atoms with Gasteiger partial charge in [0.05, 0.1) is 5.69 Å². The summed E-state index contributed by atoms with van der Waals surface area (Å²) < 4.78 is 47.5. The molecule has 0 aromatic carbocycles. The highest BCUT2D eigenvalue weighted by Gasteiger charge is 2.20. The second-order valence-electron chi connectivity index (χ2n) is 4.51. The lowest BCUT2D eigenvalue weighted by atomic mass is 10.2. The van der Waals surface area contributed by atoms with Crippen LogP contribution in [0.3, 0.4) is 0 Å². The summed E-state index contributed by atoms with van der Waals surface area (Å²) in [6.07, 6.45) is 1.86. The zero-order valence-electron chi connectivity index (χ0n) is 11.6. The zero-order chi connectivity index (χ0) is 15.4. The normalized spacial score (nSPS) is 14.2. The van der Waals surface area contributed by atoms with Crippen LogP contribution in [-0.4, -0.2) is 39.7 Å². The molecule has 0 aliphatic rings. The fourth-order valence-corrected chi connectivity index (χ4v) is 5.46. The number of anilines is 1. The summed E-state index contributed by atoms with van der Waals surface area (Å²) in [5.74, 6) is 0. The molecule has 1 heterocycles. The van der Waals surface area contributed by atoms with Gasteiger partial charge in [-0.15, -0.1) is 11.3 Å². The van der Waals surface area contributed by atoms with E-state index in [1.54, 1.807) is 5.38 Å². The number of hydrogen-bond donors (Lipinski definition) is 2. The van der Waals surface area contributed by atoms with Crippen LogP contribution in [0.25, 0.3) is 0 Å². The van der Waals surface area contributed by atoms with Gasteiger partial charge in [-0.3, -0.25) is 4.72 Å². The van der Waals surface area contributed by atoms with E-state index in [-0.39, 0.29) is 11.2 Å². The summed E-state index contributed by atoms with van der Waals surface area (Å²) in [5.41, 5.74) is 0.723. The highest BCUT2D eigenvalue weighted by Crippen LogP contribution is 2.21. The van der Waals surface area contributed by atoms with Crippen LogP contribution in [0.4, 0.5) is 5.13 Å². The highest BCUT2D eigenvalue weighted by atomic mass is 32.3. The number of thiazole rings is 1. The summed E-state index contributed by atoms with van der Waals surface area (Å²) in [5, 5.41) is 4.20. The van der Waals surface area contributed by atoms with Crippen molar-refractivity contribution in [1.29, 1.82) is 0 Å². The minimum atomic E-state index is -3.93. The molecule has 0 radical (unpaired) electrons. The quantitative estimate of drug-likeness (QED) is 0.729. The maximum absolute atomic E-state index is 11.6. The van der Waals surface area contributed by atoms with Gasteiger partial charge < -0.3 is 5.32 Å². The first-order valence-electron chi connectivity index (χ1n) is 6.00. The largest absolute Gasteiger partial charge is 0.309 e. The van der Waals surface area contributed by atoms with Gasteiger partial charge in [0.25, 0.3) is 0 Å². The average molecular weight is 341 g/mol. The number of hydrogen-bond acceptors (Lipinski definition) is 7. The molecule has 10 heteroatoms. The van der Waals surface area contributed by atoms with E-state index in [9.17, 15) is 16.8 Å². The Labute approximate surface area is 123 Å². The molecule has 1 atom stereocenters. The topological polar surface area (TPSA) is 105 Å². The van der Waals surface area contributed by atoms with E-state index in [1.165, 1.54) is 0 Å². The molecule has 0 bridgehead atoms. The first kappa shape index (κ1) is 17.3. The second kappa shape index (κ2) is 6.83. The monoisotopic (exact) mass is 341 g/mol. The highest BCUT2D eigenvalue weighted by molar-refractivity contribution is 8.08. The molecule has 1 aromatic rings. The molecule has 0 saturated heterocycles. The van der Waals surface area contributed by atoms with Gasteiger partial charge in [-0.25, -0.2) is 21.8 Å². The Bertz CT molecular complexity index is 636. The molecule has 7 nitrogen and oxygen atoms in total. The van der Waals surface area contributed by atoms with E-state index in [1.807, 2.05) is 13.8 Å². The van der Waals surface area contributed by atoms with E-state index in [0.717, 1.165) is 36.3 Å². The van der Waals surface area contributed by atoms with Crippen LogP contribution in [0.15, 0.2) is 5.38 Å². The SMILES string of the molecule is CCCNC(C)c1csc(NS(=O)(=O)CS(C)(=O)=O)n1. The van der Waals surface area contributed by atoms with Crippen molar-refractivity contribution in [2.45, 2.75) is 26.3 Å². The fourth-order valence-electron chi connectivity index (χ4n) is 1.44. The summed E-state index contributed by atoms with van der Waals surface area (Å²) in [7, 11) is -7.54. The van der Waals surface area contributed by atoms with Gasteiger partial charge in [-0.2, -0.15) is 0 Å². The van der Waals surface area contributed by atoms with E-state index in [0.29, 0.717) is 0 Å². The van der Waals surface area contributed by atoms with Crippen LogP contribution in [0, 0.1) is 0 Å². The number of aromatic nitrogens is 1. The van der Waals surface area contributed by atoms with Crippen molar-refractivity contribution in [2.75, 3.05) is 22.6 Å². The van der Waals surface area contributed by atoms with Crippen molar-refractivity contribution in [1.82, 2.24) is 10.3 Å². The van der Waals surface area contributed by atoms with Crippen molar-refractivity contribution < 1.29 is 16.8 Å². The third kappa shape index (κ3) is 6.16. The van der Waals surface area contributed by atoms with Gasteiger partial charge in [-0.1, -0.05) is 6.92 Å². The molecule has 1 aromatic heterocycles. The summed E-state index contributed by atoms with van der Waals surface area (Å²) in [6.45, 7) is 4.82. The minimum absolute atomic E-state index is 0.0133. The third-order valence-corrected chi connectivity index (χ3v) is 6.64. The molecular formula is C10H19N3O4S3. The van der Waals surface area contributed by atoms with Crippen LogP contribution in [0.2, 0.25) is 0 Å². The van der Waals surface area contributed by atoms with Gasteiger partial charge in [-0.05, 0) is 19.9 Å². The number of nitrogens with zero attached hydrogens (tertiary/aromatic N) is 1. The van der Waals surface area contributed by atoms with Crippen molar-refractivity contribution >= 4 is 36.3 Å². The van der Waals surface area contributed by atoms with E-state index >= 15 is 0 Å². The lowest BCUT2D eigenvalue weighted by Gasteiger charge is -2.09. The Kier molecular flexibility index (Phi) is 5.92. The zero-order valence-corrected chi connectivity index (χ0v) is 14.0. The Morgan fingerprint density at radius 3 is 2.55 bits per heavy atom. The van der Waals surface area contributed by atoms with Crippen molar-refractivity contribution in [3.8, 4) is 0 Å². The molecule has 116 valence electrons. The lowest BCUT2D eigenvalue weighted by Crippen LogP contribution is -2.22. The molecule has 0 fully saturated rings. The van der Waals surface area contributed by atoms with Gasteiger partial charge >= 0.3 is 0 Å². The molecule has 0 spiro atoms. The fraction of sp³-hybridized carbons (Fsp3) is 0.700. The second-order valence-corrected chi connectivity index (χ2v) is 9.60. The Hall–Kier alpha value is -0.710. The lowest BCUT2D eigenvalue weighted by molar-refractivity contribution is 0.561. The number of sulfonamides is 1. The molecule has 1 unspecified atom stereocenters. The predicted molar refractivity (Wildman–Crippen MR) is 81.1 cm³/mol. The number of sulfone groups is 1. The van der Waals surface area contributed by atoms with Gasteiger partial charge in [0.15, 0.2) is 20.1 Å². The van der Waals surface area contributed by atoms with Crippen LogP contribution in [0.1, 0.15) is 32.0 Å². The van der Waals surface area contributed by atoms with Gasteiger partial charge in [0, 0.05) is 17.7 Å². The molecule has 2 N–H and O–H groups in total. The minimum Gasteiger partial charge on any atom is -0.309 e. The van der Waals surface area contributed by atoms with E-state index in [2.05, 4.69) is 15.0 Å². The average Bonchev–Trinajstić information content (AvgIpc) is 2.69. The van der Waals surface area contributed by atoms with Crippen molar-refractivity contribution in [3.63, 3.8) is 0 Å². The standard InChI is InChI=1S/C10H19N3O4S3/c1-4-5-11-8(2)9-6-18-10(12-9)13-20(16,17)7-19(3,14)15/h6,8,11H,4-5,7H2,1-3H3,(H,12,13). The van der Waals surface area contributed by atoms with E-state index in [4.69, 9.17) is 0 Å². The molecule has 20 heavy (non-hydrogen) atoms. The van der Waals surface area contributed by atoms with Gasteiger partial charge in [0.2, 0.25) is 10.0 Å². The van der Waals surface area contributed by atoms with Crippen LogP contribution in [0.5, 0.6) is 0 Å². The summed E-state index contributed by atoms with van der Waals surface area (Å²) in [6, 6.07) is 0.0133. The molecule has 1 rings (SSSR count). The third-order valence-electron chi connectivity index (χ3n) is 2.28. The van der Waals surface area contributed by atoms with E-state index < -0.39 is 24.9 Å². The maximum atomic E-state index is 11.6. The molecular weight excluding hydrogens is 322 g/mol. The molecule has 0 amide bonds. The molecule has 0 aliphatic heterocycles. The summed E-state index contributed by atoms with van der Waals surface area (Å²) in [4.78, 5) is 4.15. The van der Waals surface area contributed by atoms with Crippen molar-refractivity contribution in [2.24, 2.45) is 0 Å². The summed E-state index contributed by atoms with van der Waals surface area (Å²) >= 11 is 1.13. The molecule has 0 aliphatic carbocycles. The van der Waals surface area contributed by atoms with Crippen LogP contribution < -0.4 is 10.0 Å². The Morgan fingerprint density at radius 2 is 2.00 bits per heavy atom.